The fourth-order valence-corrected chi connectivity index (χ4v) is 1.69. The molecule has 0 aliphatic carbocycles. The number of H-pyrrole nitrogens is 1. The summed E-state index contributed by atoms with van der Waals surface area (Å²) in [6, 6.07) is 8.67. The van der Waals surface area contributed by atoms with Gasteiger partial charge >= 0.3 is 0 Å². The zero-order valence-electron chi connectivity index (χ0n) is 8.67. The summed E-state index contributed by atoms with van der Waals surface area (Å²) in [5.74, 6) is 0. The van der Waals surface area contributed by atoms with Crippen LogP contribution >= 0.6 is 0 Å². The van der Waals surface area contributed by atoms with Crippen LogP contribution in [0, 0.1) is 6.92 Å². The van der Waals surface area contributed by atoms with Crippen molar-refractivity contribution in [3.63, 3.8) is 0 Å². The number of fused-ring (bicyclic) bond motifs is 1. The Morgan fingerprint density at radius 1 is 1.36 bits per heavy atom. The van der Waals surface area contributed by atoms with E-state index in [2.05, 4.69) is 43.1 Å². The number of nitrogens with one attached hydrogen (secondary N) is 1. The second kappa shape index (κ2) is 3.46. The molecule has 0 aliphatic heterocycles. The summed E-state index contributed by atoms with van der Waals surface area (Å²) < 4.78 is 0. The Labute approximate surface area is 84.1 Å². The Bertz CT molecular complexity index is 443. The van der Waals surface area contributed by atoms with Gasteiger partial charge in [0.2, 0.25) is 0 Å². The highest BCUT2D eigenvalue weighted by Crippen LogP contribution is 2.21. The molecular weight excluding hydrogens is 172 g/mol. The van der Waals surface area contributed by atoms with Gasteiger partial charge in [-0.25, -0.2) is 0 Å². The van der Waals surface area contributed by atoms with Gasteiger partial charge in [0.25, 0.3) is 0 Å². The zero-order chi connectivity index (χ0) is 10.1. The molecule has 1 atom stereocenters. The first-order valence-corrected chi connectivity index (χ1v) is 5.05. The standard InChI is InChI=1S/C12H16N2/c1-3-10(13)12-7-9-6-8(2)4-5-11(9)14-12/h4-7,10,14H,3,13H2,1-2H3/t10-/m0/s1. The van der Waals surface area contributed by atoms with Gasteiger partial charge in [0.05, 0.1) is 0 Å². The summed E-state index contributed by atoms with van der Waals surface area (Å²) in [5.41, 5.74) is 9.56. The highest BCUT2D eigenvalue weighted by Gasteiger charge is 2.06. The van der Waals surface area contributed by atoms with Crippen LogP contribution in [0.5, 0.6) is 0 Å². The Hall–Kier alpha value is -1.28. The van der Waals surface area contributed by atoms with E-state index in [9.17, 15) is 0 Å². The molecule has 14 heavy (non-hydrogen) atoms. The normalized spacial score (nSPS) is 13.4. The molecule has 0 unspecified atom stereocenters. The Morgan fingerprint density at radius 3 is 2.86 bits per heavy atom. The van der Waals surface area contributed by atoms with Crippen LogP contribution in [-0.4, -0.2) is 4.98 Å². The van der Waals surface area contributed by atoms with Crippen molar-refractivity contribution in [1.82, 2.24) is 4.98 Å². The minimum Gasteiger partial charge on any atom is -0.357 e. The number of aryl methyl sites for hydroxylation is 1. The molecule has 0 saturated heterocycles. The maximum Gasteiger partial charge on any atom is 0.0456 e. The van der Waals surface area contributed by atoms with E-state index in [0.717, 1.165) is 12.1 Å². The first-order chi connectivity index (χ1) is 6.70. The number of nitrogens with two attached hydrogens (primary N) is 1. The number of rotatable bonds is 2. The molecule has 0 saturated carbocycles. The van der Waals surface area contributed by atoms with Crippen molar-refractivity contribution in [3.8, 4) is 0 Å². The minimum atomic E-state index is 0.128. The van der Waals surface area contributed by atoms with E-state index >= 15 is 0 Å². The van der Waals surface area contributed by atoms with Crippen LogP contribution in [0.15, 0.2) is 24.3 Å². The number of hydrogen-bond donors (Lipinski definition) is 2. The van der Waals surface area contributed by atoms with Gasteiger partial charge < -0.3 is 10.7 Å². The molecule has 0 bridgehead atoms. The molecule has 74 valence electrons. The molecule has 0 fully saturated rings. The van der Waals surface area contributed by atoms with Crippen LogP contribution in [0.2, 0.25) is 0 Å². The molecule has 2 nitrogen and oxygen atoms in total. The zero-order valence-corrected chi connectivity index (χ0v) is 8.67. The summed E-state index contributed by atoms with van der Waals surface area (Å²) in [5, 5.41) is 1.25. The average Bonchev–Trinajstić information content (AvgIpc) is 2.59. The quantitative estimate of drug-likeness (QED) is 0.747. The largest absolute Gasteiger partial charge is 0.357 e. The molecule has 0 aliphatic rings. The number of benzene rings is 1. The second-order valence-electron chi connectivity index (χ2n) is 3.83. The van der Waals surface area contributed by atoms with Gasteiger partial charge in [0, 0.05) is 17.3 Å². The number of aromatic amines is 1. The monoisotopic (exact) mass is 188 g/mol. The van der Waals surface area contributed by atoms with Crippen LogP contribution < -0.4 is 5.73 Å². The Balaban J connectivity index is 2.51. The molecule has 1 aromatic heterocycles. The lowest BCUT2D eigenvalue weighted by Gasteiger charge is -2.03. The van der Waals surface area contributed by atoms with E-state index in [4.69, 9.17) is 5.73 Å². The lowest BCUT2D eigenvalue weighted by Crippen LogP contribution is -2.08. The SMILES string of the molecule is CC[C@H](N)c1cc2cc(C)ccc2[nH]1. The minimum absolute atomic E-state index is 0.128. The number of aromatic nitrogens is 1. The smallest absolute Gasteiger partial charge is 0.0456 e. The van der Waals surface area contributed by atoms with Crippen LogP contribution in [0.3, 0.4) is 0 Å². The van der Waals surface area contributed by atoms with Crippen LogP contribution in [0.25, 0.3) is 10.9 Å². The van der Waals surface area contributed by atoms with Gasteiger partial charge in [-0.1, -0.05) is 18.6 Å². The first-order valence-electron chi connectivity index (χ1n) is 5.05. The second-order valence-corrected chi connectivity index (χ2v) is 3.83. The Kier molecular flexibility index (Phi) is 2.30. The third kappa shape index (κ3) is 1.53. The molecule has 3 N–H and O–H groups in total. The van der Waals surface area contributed by atoms with Crippen molar-refractivity contribution in [2.75, 3.05) is 0 Å². The van der Waals surface area contributed by atoms with E-state index in [1.807, 2.05) is 0 Å². The van der Waals surface area contributed by atoms with Crippen LogP contribution in [-0.2, 0) is 0 Å². The van der Waals surface area contributed by atoms with Gasteiger partial charge in [-0.05, 0) is 36.9 Å². The molecule has 2 rings (SSSR count). The summed E-state index contributed by atoms with van der Waals surface area (Å²) in [6.45, 7) is 4.20. The van der Waals surface area contributed by atoms with Crippen molar-refractivity contribution in [2.45, 2.75) is 26.3 Å². The molecule has 1 aromatic carbocycles. The molecule has 2 heteroatoms. The van der Waals surface area contributed by atoms with Gasteiger partial charge in [-0.2, -0.15) is 0 Å². The molecule has 0 spiro atoms. The van der Waals surface area contributed by atoms with Gasteiger partial charge in [0.1, 0.15) is 0 Å². The van der Waals surface area contributed by atoms with Crippen molar-refractivity contribution in [1.29, 1.82) is 0 Å². The highest BCUT2D eigenvalue weighted by atomic mass is 14.8. The van der Waals surface area contributed by atoms with E-state index < -0.39 is 0 Å². The van der Waals surface area contributed by atoms with Crippen molar-refractivity contribution >= 4 is 10.9 Å². The molecular formula is C12H16N2. The Morgan fingerprint density at radius 2 is 2.14 bits per heavy atom. The average molecular weight is 188 g/mol. The van der Waals surface area contributed by atoms with Gasteiger partial charge in [-0.3, -0.25) is 0 Å². The lowest BCUT2D eigenvalue weighted by molar-refractivity contribution is 0.682. The maximum absolute atomic E-state index is 5.96. The predicted molar refractivity (Wildman–Crippen MR) is 60.3 cm³/mol. The molecule has 1 heterocycles. The maximum atomic E-state index is 5.96. The van der Waals surface area contributed by atoms with Crippen LogP contribution in [0.4, 0.5) is 0 Å². The van der Waals surface area contributed by atoms with E-state index in [1.165, 1.54) is 16.5 Å². The van der Waals surface area contributed by atoms with E-state index in [-0.39, 0.29) is 6.04 Å². The summed E-state index contributed by atoms with van der Waals surface area (Å²) in [7, 11) is 0. The van der Waals surface area contributed by atoms with Gasteiger partial charge in [0.15, 0.2) is 0 Å². The van der Waals surface area contributed by atoms with E-state index in [0.29, 0.717) is 0 Å². The fourth-order valence-electron chi connectivity index (χ4n) is 1.69. The fraction of sp³-hybridized carbons (Fsp3) is 0.333. The lowest BCUT2D eigenvalue weighted by atomic mass is 10.1. The van der Waals surface area contributed by atoms with E-state index in [1.54, 1.807) is 0 Å². The number of hydrogen-bond acceptors (Lipinski definition) is 1. The first kappa shape index (κ1) is 9.28. The summed E-state index contributed by atoms with van der Waals surface area (Å²) in [6.07, 6.45) is 0.964. The van der Waals surface area contributed by atoms with Crippen molar-refractivity contribution in [2.24, 2.45) is 5.73 Å². The van der Waals surface area contributed by atoms with Crippen LogP contribution in [0.1, 0.15) is 30.6 Å². The third-order valence-corrected chi connectivity index (χ3v) is 2.64. The summed E-state index contributed by atoms with van der Waals surface area (Å²) >= 11 is 0. The van der Waals surface area contributed by atoms with Crippen molar-refractivity contribution in [3.05, 3.63) is 35.5 Å². The van der Waals surface area contributed by atoms with Gasteiger partial charge in [-0.15, -0.1) is 0 Å². The molecule has 2 aromatic rings. The summed E-state index contributed by atoms with van der Waals surface area (Å²) in [4.78, 5) is 3.35. The third-order valence-electron chi connectivity index (χ3n) is 2.64. The molecule has 0 amide bonds. The molecule has 0 radical (unpaired) electrons. The predicted octanol–water partition coefficient (Wildman–Crippen LogP) is 2.89. The highest BCUT2D eigenvalue weighted by molar-refractivity contribution is 5.81. The topological polar surface area (TPSA) is 41.8 Å². The van der Waals surface area contributed by atoms with Crippen molar-refractivity contribution < 1.29 is 0 Å².